The SMILES string of the molecule is O=C(c1ccc(O[C@H]2CCN(C3CCN(c4ncc(C(F)(F)F)cc4Cl)CC3)C2=O)c(F)c1)N1CCCC1. The van der Waals surface area contributed by atoms with Crippen LogP contribution in [0.1, 0.15) is 48.0 Å². The largest absolute Gasteiger partial charge is 0.477 e. The zero-order valence-corrected chi connectivity index (χ0v) is 21.3. The Balaban J connectivity index is 1.17. The molecule has 1 atom stereocenters. The van der Waals surface area contributed by atoms with Crippen LogP contribution < -0.4 is 9.64 Å². The fourth-order valence-corrected chi connectivity index (χ4v) is 5.63. The van der Waals surface area contributed by atoms with Crippen molar-refractivity contribution < 1.29 is 31.9 Å². The Morgan fingerprint density at radius 2 is 1.74 bits per heavy atom. The van der Waals surface area contributed by atoms with Crippen molar-refractivity contribution in [3.05, 3.63) is 52.4 Å². The number of hydrogen-bond acceptors (Lipinski definition) is 5. The summed E-state index contributed by atoms with van der Waals surface area (Å²) in [5.74, 6) is -0.910. The van der Waals surface area contributed by atoms with Gasteiger partial charge in [-0.25, -0.2) is 9.37 Å². The predicted octanol–water partition coefficient (Wildman–Crippen LogP) is 4.78. The van der Waals surface area contributed by atoms with Gasteiger partial charge in [0.15, 0.2) is 17.7 Å². The van der Waals surface area contributed by atoms with E-state index in [9.17, 15) is 27.2 Å². The zero-order valence-electron chi connectivity index (χ0n) is 20.5. The summed E-state index contributed by atoms with van der Waals surface area (Å²) in [4.78, 5) is 34.7. The number of ether oxygens (including phenoxy) is 1. The summed E-state index contributed by atoms with van der Waals surface area (Å²) in [5, 5.41) is -0.0702. The molecule has 0 aliphatic carbocycles. The van der Waals surface area contributed by atoms with Crippen molar-refractivity contribution >= 4 is 29.2 Å². The maximum Gasteiger partial charge on any atom is 0.417 e. The van der Waals surface area contributed by atoms with Crippen molar-refractivity contribution in [3.63, 3.8) is 0 Å². The minimum absolute atomic E-state index is 0.0685. The van der Waals surface area contributed by atoms with E-state index in [-0.39, 0.29) is 40.0 Å². The van der Waals surface area contributed by atoms with Crippen LogP contribution in [0, 0.1) is 5.82 Å². The van der Waals surface area contributed by atoms with Crippen molar-refractivity contribution in [2.24, 2.45) is 0 Å². The van der Waals surface area contributed by atoms with E-state index < -0.39 is 23.7 Å². The standard InChI is InChI=1S/C26H27ClF4N4O3/c27-19-14-17(26(29,30)31)15-32-23(19)33-10-5-18(6-11-33)35-12-7-22(25(35)37)38-21-4-3-16(13-20(21)28)24(36)34-8-1-2-9-34/h3-4,13-15,18,22H,1-2,5-12H2/t22-/m0/s1. The fourth-order valence-electron chi connectivity index (χ4n) is 5.34. The van der Waals surface area contributed by atoms with Gasteiger partial charge >= 0.3 is 6.18 Å². The number of pyridine rings is 1. The first-order valence-electron chi connectivity index (χ1n) is 12.7. The lowest BCUT2D eigenvalue weighted by Gasteiger charge is -2.37. The van der Waals surface area contributed by atoms with E-state index in [1.165, 1.54) is 12.1 Å². The van der Waals surface area contributed by atoms with Crippen LogP contribution in [0.3, 0.4) is 0 Å². The number of halogens is 5. The average molecular weight is 555 g/mol. The number of aromatic nitrogens is 1. The molecule has 204 valence electrons. The Kier molecular flexibility index (Phi) is 7.39. The van der Waals surface area contributed by atoms with E-state index in [0.717, 1.165) is 31.2 Å². The smallest absolute Gasteiger partial charge is 0.417 e. The number of rotatable bonds is 5. The quantitative estimate of drug-likeness (QED) is 0.498. The number of likely N-dealkylation sites (tertiary alicyclic amines) is 2. The molecule has 3 aliphatic rings. The van der Waals surface area contributed by atoms with E-state index in [1.54, 1.807) is 9.80 Å². The van der Waals surface area contributed by atoms with Gasteiger partial charge in [-0.15, -0.1) is 0 Å². The molecule has 1 aromatic carbocycles. The van der Waals surface area contributed by atoms with Gasteiger partial charge < -0.3 is 19.4 Å². The summed E-state index contributed by atoms with van der Waals surface area (Å²) in [6.07, 6.45) is -1.13. The lowest BCUT2D eigenvalue weighted by molar-refractivity contribution is -0.138. The summed E-state index contributed by atoms with van der Waals surface area (Å²) in [5.41, 5.74) is -0.648. The molecule has 0 spiro atoms. The molecule has 3 saturated heterocycles. The van der Waals surface area contributed by atoms with Crippen LogP contribution in [-0.4, -0.2) is 71.5 Å². The van der Waals surface area contributed by atoms with Crippen LogP contribution in [-0.2, 0) is 11.0 Å². The van der Waals surface area contributed by atoms with Gasteiger partial charge in [-0.3, -0.25) is 9.59 Å². The van der Waals surface area contributed by atoms with Gasteiger partial charge in [-0.05, 0) is 49.9 Å². The molecule has 2 aromatic rings. The number of carbonyl (C=O) groups excluding carboxylic acids is 2. The van der Waals surface area contributed by atoms with Crippen molar-refractivity contribution in [3.8, 4) is 5.75 Å². The molecule has 38 heavy (non-hydrogen) atoms. The lowest BCUT2D eigenvalue weighted by Crippen LogP contribution is -2.47. The van der Waals surface area contributed by atoms with Crippen LogP contribution in [0.5, 0.6) is 5.75 Å². The van der Waals surface area contributed by atoms with Gasteiger partial charge in [0.2, 0.25) is 0 Å². The molecular weight excluding hydrogens is 528 g/mol. The van der Waals surface area contributed by atoms with Crippen molar-refractivity contribution in [1.82, 2.24) is 14.8 Å². The molecule has 12 heteroatoms. The van der Waals surface area contributed by atoms with Crippen LogP contribution in [0.15, 0.2) is 30.5 Å². The molecule has 0 saturated carbocycles. The third-order valence-electron chi connectivity index (χ3n) is 7.39. The third-order valence-corrected chi connectivity index (χ3v) is 7.66. The van der Waals surface area contributed by atoms with E-state index >= 15 is 0 Å². The van der Waals surface area contributed by atoms with E-state index in [1.807, 2.05) is 4.90 Å². The van der Waals surface area contributed by atoms with Gasteiger partial charge in [0.05, 0.1) is 10.6 Å². The first-order chi connectivity index (χ1) is 18.1. The summed E-state index contributed by atoms with van der Waals surface area (Å²) in [6, 6.07) is 4.87. The lowest BCUT2D eigenvalue weighted by atomic mass is 10.0. The van der Waals surface area contributed by atoms with Gasteiger partial charge in [0.25, 0.3) is 11.8 Å². The van der Waals surface area contributed by atoms with Crippen LogP contribution in [0.2, 0.25) is 5.02 Å². The summed E-state index contributed by atoms with van der Waals surface area (Å²) in [7, 11) is 0. The third kappa shape index (κ3) is 5.39. The minimum atomic E-state index is -4.52. The normalized spacial score (nSPS) is 20.9. The average Bonchev–Trinajstić information content (AvgIpc) is 3.55. The maximum absolute atomic E-state index is 14.8. The first-order valence-corrected chi connectivity index (χ1v) is 13.0. The zero-order chi connectivity index (χ0) is 27.0. The number of anilines is 1. The maximum atomic E-state index is 14.8. The fraction of sp³-hybridized carbons (Fsp3) is 0.500. The van der Waals surface area contributed by atoms with Gasteiger partial charge in [-0.1, -0.05) is 11.6 Å². The Hall–Kier alpha value is -3.08. The Morgan fingerprint density at radius 1 is 1.03 bits per heavy atom. The van der Waals surface area contributed by atoms with E-state index in [0.29, 0.717) is 52.0 Å². The molecule has 0 N–H and O–H groups in total. The molecule has 5 rings (SSSR count). The highest BCUT2D eigenvalue weighted by Crippen LogP contribution is 2.35. The van der Waals surface area contributed by atoms with Crippen LogP contribution in [0.4, 0.5) is 23.4 Å². The number of piperidine rings is 1. The highest BCUT2D eigenvalue weighted by atomic mass is 35.5. The summed E-state index contributed by atoms with van der Waals surface area (Å²) >= 11 is 6.09. The highest BCUT2D eigenvalue weighted by molar-refractivity contribution is 6.33. The Morgan fingerprint density at radius 3 is 2.37 bits per heavy atom. The monoisotopic (exact) mass is 554 g/mol. The minimum Gasteiger partial charge on any atom is -0.477 e. The molecule has 0 bridgehead atoms. The molecule has 0 unspecified atom stereocenters. The second kappa shape index (κ2) is 10.6. The number of carbonyl (C=O) groups is 2. The number of hydrogen-bond donors (Lipinski definition) is 0. The molecule has 0 radical (unpaired) electrons. The number of benzene rings is 1. The van der Waals surface area contributed by atoms with Crippen molar-refractivity contribution in [2.75, 3.05) is 37.6 Å². The molecule has 2 amide bonds. The van der Waals surface area contributed by atoms with Crippen molar-refractivity contribution in [1.29, 1.82) is 0 Å². The molecular formula is C26H27ClF4N4O3. The topological polar surface area (TPSA) is 66.0 Å². The van der Waals surface area contributed by atoms with Crippen LogP contribution in [0.25, 0.3) is 0 Å². The van der Waals surface area contributed by atoms with Gasteiger partial charge in [-0.2, -0.15) is 13.2 Å². The van der Waals surface area contributed by atoms with Gasteiger partial charge in [0, 0.05) is 56.9 Å². The Labute approximate surface area is 222 Å². The Bertz CT molecular complexity index is 1210. The predicted molar refractivity (Wildman–Crippen MR) is 132 cm³/mol. The van der Waals surface area contributed by atoms with E-state index in [2.05, 4.69) is 4.98 Å². The summed E-state index contributed by atoms with van der Waals surface area (Å²) < 4.78 is 59.2. The first kappa shape index (κ1) is 26.5. The molecule has 3 aliphatic heterocycles. The number of nitrogens with zero attached hydrogens (tertiary/aromatic N) is 4. The summed E-state index contributed by atoms with van der Waals surface area (Å²) in [6.45, 7) is 2.73. The van der Waals surface area contributed by atoms with Gasteiger partial charge in [0.1, 0.15) is 5.82 Å². The number of amides is 2. The highest BCUT2D eigenvalue weighted by Gasteiger charge is 2.39. The molecule has 4 heterocycles. The van der Waals surface area contributed by atoms with E-state index in [4.69, 9.17) is 16.3 Å². The molecule has 1 aromatic heterocycles. The second-order valence-corrected chi connectivity index (χ2v) is 10.2. The molecule has 7 nitrogen and oxygen atoms in total. The second-order valence-electron chi connectivity index (χ2n) is 9.82. The van der Waals surface area contributed by atoms with Crippen molar-refractivity contribution in [2.45, 2.75) is 50.4 Å². The van der Waals surface area contributed by atoms with Crippen LogP contribution >= 0.6 is 11.6 Å². The molecule has 3 fully saturated rings. The number of alkyl halides is 3.